The number of hydrogen-bond acceptors (Lipinski definition) is 2. The first-order chi connectivity index (χ1) is 5.65. The van der Waals surface area contributed by atoms with Gasteiger partial charge in [-0.3, -0.25) is 4.84 Å². The molecule has 0 aliphatic rings. The molecule has 0 unspecified atom stereocenters. The van der Waals surface area contributed by atoms with Gasteiger partial charge in [0.25, 0.3) is 0 Å². The third kappa shape index (κ3) is 1.94. The molecule has 0 radical (unpaired) electrons. The number of rotatable bonds is 2. The van der Waals surface area contributed by atoms with Crippen molar-refractivity contribution in [1.29, 1.82) is 0 Å². The summed E-state index contributed by atoms with van der Waals surface area (Å²) in [5.41, 5.74) is 1.19. The second kappa shape index (κ2) is 3.85. The highest BCUT2D eigenvalue weighted by molar-refractivity contribution is 6.30. The summed E-state index contributed by atoms with van der Waals surface area (Å²) in [5, 5.41) is 0.352. The summed E-state index contributed by atoms with van der Waals surface area (Å²) in [7, 11) is 0. The van der Waals surface area contributed by atoms with Crippen molar-refractivity contribution < 1.29 is 9.23 Å². The summed E-state index contributed by atoms with van der Waals surface area (Å²) >= 11 is 5.62. The van der Waals surface area contributed by atoms with Crippen LogP contribution in [0.15, 0.2) is 12.1 Å². The fourth-order valence-electron chi connectivity index (χ4n) is 0.939. The Balaban J connectivity index is 3.09. The van der Waals surface area contributed by atoms with E-state index >= 15 is 0 Å². The van der Waals surface area contributed by atoms with Crippen LogP contribution in [0.5, 0.6) is 0 Å². The molecule has 0 aliphatic heterocycles. The fraction of sp³-hybridized carbons (Fsp3) is 0.250. The Bertz CT molecular complexity index is 291. The maximum atomic E-state index is 13.0. The minimum absolute atomic E-state index is 0.170. The average molecular weight is 190 g/mol. The smallest absolute Gasteiger partial charge is 0.127 e. The number of halogens is 2. The molecule has 0 fully saturated rings. The van der Waals surface area contributed by atoms with Gasteiger partial charge in [-0.15, -0.1) is 0 Å². The summed E-state index contributed by atoms with van der Waals surface area (Å²) in [4.78, 5) is 4.39. The zero-order valence-electron chi connectivity index (χ0n) is 6.60. The van der Waals surface area contributed by atoms with Crippen LogP contribution in [-0.2, 0) is 11.4 Å². The van der Waals surface area contributed by atoms with E-state index in [4.69, 9.17) is 17.5 Å². The molecule has 0 aliphatic carbocycles. The first-order valence-corrected chi connectivity index (χ1v) is 3.79. The van der Waals surface area contributed by atoms with Crippen LogP contribution in [0, 0.1) is 12.7 Å². The van der Waals surface area contributed by atoms with Gasteiger partial charge in [0.1, 0.15) is 5.82 Å². The lowest BCUT2D eigenvalue weighted by Crippen LogP contribution is -2.01. The highest BCUT2D eigenvalue weighted by Gasteiger charge is 2.05. The second-order valence-corrected chi connectivity index (χ2v) is 2.92. The minimum atomic E-state index is -0.338. The molecular formula is C8H9ClFNO. The summed E-state index contributed by atoms with van der Waals surface area (Å²) in [6.07, 6.45) is 0. The van der Waals surface area contributed by atoms with E-state index in [9.17, 15) is 4.39 Å². The van der Waals surface area contributed by atoms with E-state index in [2.05, 4.69) is 4.84 Å². The molecule has 0 saturated heterocycles. The first kappa shape index (κ1) is 9.45. The van der Waals surface area contributed by atoms with Crippen molar-refractivity contribution in [2.75, 3.05) is 0 Å². The van der Waals surface area contributed by atoms with Gasteiger partial charge in [0.15, 0.2) is 0 Å². The van der Waals surface area contributed by atoms with Gasteiger partial charge in [-0.1, -0.05) is 11.6 Å². The SMILES string of the molecule is Cc1c(F)cc(Cl)cc1CON. The molecule has 1 aromatic rings. The van der Waals surface area contributed by atoms with E-state index in [-0.39, 0.29) is 12.4 Å². The first-order valence-electron chi connectivity index (χ1n) is 3.41. The van der Waals surface area contributed by atoms with Crippen LogP contribution in [0.2, 0.25) is 5.02 Å². The molecule has 1 rings (SSSR count). The van der Waals surface area contributed by atoms with Crippen molar-refractivity contribution in [3.05, 3.63) is 34.1 Å². The molecule has 1 aromatic carbocycles. The van der Waals surface area contributed by atoms with Crippen molar-refractivity contribution in [2.45, 2.75) is 13.5 Å². The Labute approximate surface area is 75.0 Å². The normalized spacial score (nSPS) is 10.3. The Morgan fingerprint density at radius 3 is 2.83 bits per heavy atom. The topological polar surface area (TPSA) is 35.2 Å². The van der Waals surface area contributed by atoms with Gasteiger partial charge in [0, 0.05) is 5.02 Å². The Morgan fingerprint density at radius 1 is 1.58 bits per heavy atom. The largest absolute Gasteiger partial charge is 0.300 e. The van der Waals surface area contributed by atoms with Gasteiger partial charge in [-0.25, -0.2) is 10.3 Å². The Kier molecular flexibility index (Phi) is 3.03. The van der Waals surface area contributed by atoms with Gasteiger partial charge in [-0.2, -0.15) is 0 Å². The summed E-state index contributed by atoms with van der Waals surface area (Å²) in [6.45, 7) is 1.82. The molecule has 2 N–H and O–H groups in total. The highest BCUT2D eigenvalue weighted by atomic mass is 35.5. The number of nitrogens with two attached hydrogens (primary N) is 1. The number of benzene rings is 1. The van der Waals surface area contributed by atoms with E-state index in [1.807, 2.05) is 0 Å². The quantitative estimate of drug-likeness (QED) is 0.724. The molecule has 0 aromatic heterocycles. The maximum absolute atomic E-state index is 13.0. The maximum Gasteiger partial charge on any atom is 0.127 e. The third-order valence-electron chi connectivity index (χ3n) is 1.66. The van der Waals surface area contributed by atoms with Crippen molar-refractivity contribution in [3.63, 3.8) is 0 Å². The van der Waals surface area contributed by atoms with Gasteiger partial charge >= 0.3 is 0 Å². The zero-order chi connectivity index (χ0) is 9.14. The van der Waals surface area contributed by atoms with Crippen LogP contribution in [0.3, 0.4) is 0 Å². The lowest BCUT2D eigenvalue weighted by Gasteiger charge is -2.05. The van der Waals surface area contributed by atoms with E-state index in [0.29, 0.717) is 16.1 Å². The predicted molar refractivity (Wildman–Crippen MR) is 45.1 cm³/mol. The van der Waals surface area contributed by atoms with E-state index in [1.54, 1.807) is 13.0 Å². The summed E-state index contributed by atoms with van der Waals surface area (Å²) in [5.74, 6) is 4.53. The van der Waals surface area contributed by atoms with Crippen LogP contribution in [-0.4, -0.2) is 0 Å². The van der Waals surface area contributed by atoms with Gasteiger partial charge < -0.3 is 0 Å². The fourth-order valence-corrected chi connectivity index (χ4v) is 1.17. The molecule has 0 atom stereocenters. The van der Waals surface area contributed by atoms with E-state index < -0.39 is 0 Å². The number of hydrogen-bond donors (Lipinski definition) is 1. The standard InChI is InChI=1S/C8H9ClFNO/c1-5-6(4-12-11)2-7(9)3-8(5)10/h2-3H,4,11H2,1H3. The molecular weight excluding hydrogens is 181 g/mol. The van der Waals surface area contributed by atoms with Gasteiger partial charge in [0.2, 0.25) is 0 Å². The Morgan fingerprint density at radius 2 is 2.25 bits per heavy atom. The van der Waals surface area contributed by atoms with Crippen molar-refractivity contribution in [3.8, 4) is 0 Å². The van der Waals surface area contributed by atoms with Crippen LogP contribution < -0.4 is 5.90 Å². The molecule has 2 nitrogen and oxygen atoms in total. The molecule has 66 valence electrons. The second-order valence-electron chi connectivity index (χ2n) is 2.48. The van der Waals surface area contributed by atoms with E-state index in [0.717, 1.165) is 0 Å². The van der Waals surface area contributed by atoms with Crippen LogP contribution in [0.4, 0.5) is 4.39 Å². The average Bonchev–Trinajstić information content (AvgIpc) is 2.00. The van der Waals surface area contributed by atoms with Gasteiger partial charge in [0.05, 0.1) is 6.61 Å². The molecule has 0 saturated carbocycles. The Hall–Kier alpha value is -0.640. The van der Waals surface area contributed by atoms with Crippen LogP contribution in [0.25, 0.3) is 0 Å². The summed E-state index contributed by atoms with van der Waals surface area (Å²) in [6, 6.07) is 2.89. The molecule has 0 spiro atoms. The molecule has 0 bridgehead atoms. The van der Waals surface area contributed by atoms with Gasteiger partial charge in [-0.05, 0) is 30.2 Å². The molecule has 0 amide bonds. The third-order valence-corrected chi connectivity index (χ3v) is 1.87. The van der Waals surface area contributed by atoms with Crippen molar-refractivity contribution in [2.24, 2.45) is 5.90 Å². The lowest BCUT2D eigenvalue weighted by atomic mass is 10.1. The summed E-state index contributed by atoms with van der Waals surface area (Å²) < 4.78 is 13.0. The highest BCUT2D eigenvalue weighted by Crippen LogP contribution is 2.19. The monoisotopic (exact) mass is 189 g/mol. The van der Waals surface area contributed by atoms with Crippen molar-refractivity contribution in [1.82, 2.24) is 0 Å². The van der Waals surface area contributed by atoms with Crippen molar-refractivity contribution >= 4 is 11.6 Å². The lowest BCUT2D eigenvalue weighted by molar-refractivity contribution is 0.123. The zero-order valence-corrected chi connectivity index (χ0v) is 7.36. The minimum Gasteiger partial charge on any atom is -0.300 e. The van der Waals surface area contributed by atoms with E-state index in [1.165, 1.54) is 6.07 Å². The van der Waals surface area contributed by atoms with Crippen LogP contribution in [0.1, 0.15) is 11.1 Å². The predicted octanol–water partition coefficient (Wildman–Crippen LogP) is 2.18. The molecule has 4 heteroatoms. The van der Waals surface area contributed by atoms with Crippen LogP contribution >= 0.6 is 11.6 Å². The molecule has 0 heterocycles. The molecule has 12 heavy (non-hydrogen) atoms.